The third kappa shape index (κ3) is 3.77. The summed E-state index contributed by atoms with van der Waals surface area (Å²) < 4.78 is 5.47. The van der Waals surface area contributed by atoms with Crippen molar-refractivity contribution in [1.29, 1.82) is 0 Å². The van der Waals surface area contributed by atoms with Crippen molar-refractivity contribution in [3.8, 4) is 0 Å². The third-order valence-corrected chi connectivity index (χ3v) is 6.25. The van der Waals surface area contributed by atoms with E-state index in [0.29, 0.717) is 5.56 Å². The van der Waals surface area contributed by atoms with Gasteiger partial charge in [0, 0.05) is 24.5 Å². The minimum Gasteiger partial charge on any atom is -0.378 e. The molecule has 1 N–H and O–H groups in total. The second-order valence-corrected chi connectivity index (χ2v) is 8.08. The maximum absolute atomic E-state index is 13.6. The number of morpholine rings is 1. The van der Waals surface area contributed by atoms with Gasteiger partial charge in [-0.15, -0.1) is 0 Å². The van der Waals surface area contributed by atoms with Crippen LogP contribution in [0, 0.1) is 0 Å². The van der Waals surface area contributed by atoms with Crippen molar-refractivity contribution in [1.82, 2.24) is 4.90 Å². The number of hydrogen-bond donors (Lipinski definition) is 1. The fourth-order valence-corrected chi connectivity index (χ4v) is 4.49. The Hall–Kier alpha value is -3.31. The van der Waals surface area contributed by atoms with Gasteiger partial charge in [-0.3, -0.25) is 4.79 Å². The SMILES string of the molecule is C[C@H](c1ccccc1)N1C(=O)c2ccccc2N[C@H]1c1ccc(N2CCOCC2)cc1. The molecule has 0 saturated carbocycles. The lowest BCUT2D eigenvalue weighted by Crippen LogP contribution is -2.44. The molecule has 1 fully saturated rings. The number of para-hydroxylation sites is 1. The largest absolute Gasteiger partial charge is 0.378 e. The Kier molecular flexibility index (Phi) is 5.35. The number of hydrogen-bond acceptors (Lipinski definition) is 4. The molecule has 1 amide bonds. The Morgan fingerprint density at radius 1 is 0.903 bits per heavy atom. The highest BCUT2D eigenvalue weighted by molar-refractivity contribution is 6.02. The van der Waals surface area contributed by atoms with Crippen molar-refractivity contribution in [2.24, 2.45) is 0 Å². The van der Waals surface area contributed by atoms with Crippen molar-refractivity contribution in [2.45, 2.75) is 19.1 Å². The number of fused-ring (bicyclic) bond motifs is 1. The summed E-state index contributed by atoms with van der Waals surface area (Å²) in [7, 11) is 0. The maximum atomic E-state index is 13.6. The summed E-state index contributed by atoms with van der Waals surface area (Å²) in [6, 6.07) is 26.5. The van der Waals surface area contributed by atoms with E-state index in [-0.39, 0.29) is 18.1 Å². The van der Waals surface area contributed by atoms with Gasteiger partial charge in [-0.2, -0.15) is 0 Å². The van der Waals surface area contributed by atoms with E-state index < -0.39 is 0 Å². The van der Waals surface area contributed by atoms with Gasteiger partial charge in [-0.25, -0.2) is 0 Å². The number of ether oxygens (including phenoxy) is 1. The molecule has 5 heteroatoms. The van der Waals surface area contributed by atoms with Crippen LogP contribution in [0.4, 0.5) is 11.4 Å². The first-order valence-corrected chi connectivity index (χ1v) is 10.9. The van der Waals surface area contributed by atoms with Crippen molar-refractivity contribution in [3.63, 3.8) is 0 Å². The standard InChI is InChI=1S/C26H27N3O2/c1-19(20-7-3-2-4-8-20)29-25(27-24-10-6-5-9-23(24)26(29)30)21-11-13-22(14-12-21)28-15-17-31-18-16-28/h2-14,19,25,27H,15-18H2,1H3/t19-,25-/m1/s1. The molecule has 158 valence electrons. The first kappa shape index (κ1) is 19.6. The normalized spacial score (nSPS) is 19.5. The van der Waals surface area contributed by atoms with Gasteiger partial charge >= 0.3 is 0 Å². The molecule has 3 aromatic rings. The van der Waals surface area contributed by atoms with Gasteiger partial charge < -0.3 is 19.9 Å². The van der Waals surface area contributed by atoms with Crippen LogP contribution in [0.1, 0.15) is 40.6 Å². The van der Waals surface area contributed by atoms with Gasteiger partial charge in [0.05, 0.1) is 24.8 Å². The van der Waals surface area contributed by atoms with E-state index in [4.69, 9.17) is 4.74 Å². The predicted molar refractivity (Wildman–Crippen MR) is 123 cm³/mol. The van der Waals surface area contributed by atoms with Crippen LogP contribution in [0.25, 0.3) is 0 Å². The topological polar surface area (TPSA) is 44.8 Å². The number of rotatable bonds is 4. The lowest BCUT2D eigenvalue weighted by Gasteiger charge is -2.42. The molecule has 5 nitrogen and oxygen atoms in total. The highest BCUT2D eigenvalue weighted by Gasteiger charge is 2.36. The second-order valence-electron chi connectivity index (χ2n) is 8.08. The van der Waals surface area contributed by atoms with E-state index in [1.54, 1.807) is 0 Å². The molecular weight excluding hydrogens is 386 g/mol. The summed E-state index contributed by atoms with van der Waals surface area (Å²) in [5.74, 6) is 0.0490. The molecule has 5 rings (SSSR count). The molecule has 0 aromatic heterocycles. The van der Waals surface area contributed by atoms with Crippen molar-refractivity contribution in [3.05, 3.63) is 95.6 Å². The molecule has 31 heavy (non-hydrogen) atoms. The first-order valence-electron chi connectivity index (χ1n) is 10.9. The highest BCUT2D eigenvalue weighted by atomic mass is 16.5. The van der Waals surface area contributed by atoms with Crippen LogP contribution in [0.2, 0.25) is 0 Å². The summed E-state index contributed by atoms with van der Waals surface area (Å²) in [5.41, 5.74) is 4.98. The quantitative estimate of drug-likeness (QED) is 0.664. The van der Waals surface area contributed by atoms with Gasteiger partial charge in [0.2, 0.25) is 0 Å². The number of carbonyl (C=O) groups excluding carboxylic acids is 1. The van der Waals surface area contributed by atoms with Crippen LogP contribution in [0.3, 0.4) is 0 Å². The Bertz CT molecular complexity index is 1050. The number of amides is 1. The molecule has 0 unspecified atom stereocenters. The third-order valence-electron chi connectivity index (χ3n) is 6.25. The van der Waals surface area contributed by atoms with Crippen LogP contribution in [-0.4, -0.2) is 37.1 Å². The molecule has 2 aliphatic heterocycles. The zero-order chi connectivity index (χ0) is 21.2. The molecular formula is C26H27N3O2. The van der Waals surface area contributed by atoms with E-state index in [0.717, 1.165) is 43.1 Å². The van der Waals surface area contributed by atoms with Gasteiger partial charge in [-0.05, 0) is 42.3 Å². The smallest absolute Gasteiger partial charge is 0.258 e. The van der Waals surface area contributed by atoms with Crippen LogP contribution in [0.15, 0.2) is 78.9 Å². The maximum Gasteiger partial charge on any atom is 0.258 e. The first-order chi connectivity index (χ1) is 15.2. The second kappa shape index (κ2) is 8.44. The Labute approximate surface area is 183 Å². The Balaban J connectivity index is 1.50. The number of carbonyl (C=O) groups is 1. The van der Waals surface area contributed by atoms with E-state index in [1.165, 1.54) is 5.69 Å². The van der Waals surface area contributed by atoms with Crippen molar-refractivity contribution in [2.75, 3.05) is 36.5 Å². The minimum atomic E-state index is -0.239. The van der Waals surface area contributed by atoms with E-state index in [1.807, 2.05) is 47.4 Å². The molecule has 0 bridgehead atoms. The number of nitrogens with zero attached hydrogens (tertiary/aromatic N) is 2. The van der Waals surface area contributed by atoms with E-state index >= 15 is 0 Å². The molecule has 2 atom stereocenters. The summed E-state index contributed by atoms with van der Waals surface area (Å²) >= 11 is 0. The summed E-state index contributed by atoms with van der Waals surface area (Å²) in [5, 5.41) is 3.61. The van der Waals surface area contributed by atoms with Crippen LogP contribution < -0.4 is 10.2 Å². The van der Waals surface area contributed by atoms with E-state index in [2.05, 4.69) is 53.5 Å². The van der Waals surface area contributed by atoms with Gasteiger partial charge in [0.1, 0.15) is 6.17 Å². The van der Waals surface area contributed by atoms with Crippen LogP contribution >= 0.6 is 0 Å². The zero-order valence-corrected chi connectivity index (χ0v) is 17.7. The molecule has 3 aromatic carbocycles. The van der Waals surface area contributed by atoms with Crippen molar-refractivity contribution < 1.29 is 9.53 Å². The summed E-state index contributed by atoms with van der Waals surface area (Å²) in [6.45, 7) is 5.44. The van der Waals surface area contributed by atoms with Crippen LogP contribution in [0.5, 0.6) is 0 Å². The number of anilines is 2. The van der Waals surface area contributed by atoms with Gasteiger partial charge in [0.25, 0.3) is 5.91 Å². The lowest BCUT2D eigenvalue weighted by atomic mass is 9.98. The van der Waals surface area contributed by atoms with Crippen LogP contribution in [-0.2, 0) is 4.74 Å². The average Bonchev–Trinajstić information content (AvgIpc) is 2.85. The molecule has 2 heterocycles. The predicted octanol–water partition coefficient (Wildman–Crippen LogP) is 4.85. The Morgan fingerprint density at radius 3 is 2.32 bits per heavy atom. The number of benzene rings is 3. The fourth-order valence-electron chi connectivity index (χ4n) is 4.49. The molecule has 0 aliphatic carbocycles. The van der Waals surface area contributed by atoms with Gasteiger partial charge in [-0.1, -0.05) is 54.6 Å². The average molecular weight is 414 g/mol. The van der Waals surface area contributed by atoms with E-state index in [9.17, 15) is 4.79 Å². The molecule has 0 spiro atoms. The lowest BCUT2D eigenvalue weighted by molar-refractivity contribution is 0.0596. The summed E-state index contributed by atoms with van der Waals surface area (Å²) in [6.07, 6.45) is -0.239. The molecule has 1 saturated heterocycles. The zero-order valence-electron chi connectivity index (χ0n) is 17.7. The minimum absolute atomic E-state index is 0.0490. The molecule has 0 radical (unpaired) electrons. The molecule has 2 aliphatic rings. The highest BCUT2D eigenvalue weighted by Crippen LogP contribution is 2.39. The number of nitrogens with one attached hydrogen (secondary N) is 1. The Morgan fingerprint density at radius 2 is 1.58 bits per heavy atom. The van der Waals surface area contributed by atoms with Gasteiger partial charge in [0.15, 0.2) is 0 Å². The monoisotopic (exact) mass is 413 g/mol. The van der Waals surface area contributed by atoms with Crippen molar-refractivity contribution >= 4 is 17.3 Å². The fraction of sp³-hybridized carbons (Fsp3) is 0.269. The summed E-state index contributed by atoms with van der Waals surface area (Å²) in [4.78, 5) is 17.9.